The number of hydrogen-bond donors (Lipinski definition) is 1. The molecule has 0 aromatic heterocycles. The van der Waals surface area contributed by atoms with E-state index in [1.54, 1.807) is 17.8 Å². The van der Waals surface area contributed by atoms with E-state index in [4.69, 9.17) is 17.3 Å². The van der Waals surface area contributed by atoms with Gasteiger partial charge in [0.1, 0.15) is 5.75 Å². The smallest absolute Gasteiger partial charge is 0.387 e. The summed E-state index contributed by atoms with van der Waals surface area (Å²) in [5, 5.41) is 0.513. The van der Waals surface area contributed by atoms with Crippen molar-refractivity contribution in [1.82, 2.24) is 0 Å². The van der Waals surface area contributed by atoms with Crippen molar-refractivity contribution in [3.05, 3.63) is 28.8 Å². The molecule has 102 valence electrons. The standard InChI is InChI=1S/C12H16ClF2NOS/c1-8(16)4-5-18-7-9-6-10(13)2-3-11(9)17-12(14)15/h2-3,6,8,12H,4-5,7,16H2,1H3. The molecule has 0 aliphatic carbocycles. The summed E-state index contributed by atoms with van der Waals surface area (Å²) in [6.45, 7) is -0.885. The van der Waals surface area contributed by atoms with Gasteiger partial charge in [-0.15, -0.1) is 0 Å². The van der Waals surface area contributed by atoms with Gasteiger partial charge in [0.2, 0.25) is 0 Å². The van der Waals surface area contributed by atoms with Gasteiger partial charge in [-0.2, -0.15) is 20.5 Å². The second-order valence-electron chi connectivity index (χ2n) is 3.95. The fourth-order valence-corrected chi connectivity index (χ4v) is 2.65. The topological polar surface area (TPSA) is 35.2 Å². The van der Waals surface area contributed by atoms with Crippen molar-refractivity contribution in [3.63, 3.8) is 0 Å². The normalized spacial score (nSPS) is 12.8. The summed E-state index contributed by atoms with van der Waals surface area (Å²) in [6, 6.07) is 4.80. The number of halogens is 3. The summed E-state index contributed by atoms with van der Waals surface area (Å²) in [5.41, 5.74) is 6.31. The Labute approximate surface area is 115 Å². The molecule has 1 rings (SSSR count). The minimum absolute atomic E-state index is 0.147. The second-order valence-corrected chi connectivity index (χ2v) is 5.49. The van der Waals surface area contributed by atoms with Crippen LogP contribution < -0.4 is 10.5 Å². The van der Waals surface area contributed by atoms with Crippen LogP contribution in [-0.4, -0.2) is 18.4 Å². The van der Waals surface area contributed by atoms with Crippen LogP contribution in [0.25, 0.3) is 0 Å². The van der Waals surface area contributed by atoms with Crippen LogP contribution in [0.5, 0.6) is 5.75 Å². The maximum atomic E-state index is 12.2. The van der Waals surface area contributed by atoms with E-state index in [9.17, 15) is 8.78 Å². The lowest BCUT2D eigenvalue weighted by Crippen LogP contribution is -2.15. The molecule has 1 atom stereocenters. The number of hydrogen-bond acceptors (Lipinski definition) is 3. The van der Waals surface area contributed by atoms with Gasteiger partial charge in [-0.05, 0) is 37.3 Å². The first-order valence-corrected chi connectivity index (χ1v) is 7.09. The van der Waals surface area contributed by atoms with E-state index in [1.807, 2.05) is 6.92 Å². The van der Waals surface area contributed by atoms with Crippen molar-refractivity contribution in [2.75, 3.05) is 5.75 Å². The maximum Gasteiger partial charge on any atom is 0.387 e. The lowest BCUT2D eigenvalue weighted by atomic mass is 10.2. The Balaban J connectivity index is 2.58. The molecular formula is C12H16ClF2NOS. The Morgan fingerprint density at radius 2 is 2.17 bits per heavy atom. The first kappa shape index (κ1) is 15.5. The van der Waals surface area contributed by atoms with E-state index in [2.05, 4.69) is 4.74 Å². The van der Waals surface area contributed by atoms with Crippen molar-refractivity contribution in [3.8, 4) is 5.75 Å². The zero-order chi connectivity index (χ0) is 13.5. The monoisotopic (exact) mass is 295 g/mol. The summed E-state index contributed by atoms with van der Waals surface area (Å²) in [4.78, 5) is 0. The van der Waals surface area contributed by atoms with E-state index in [0.717, 1.165) is 12.2 Å². The fourth-order valence-electron chi connectivity index (χ4n) is 1.32. The van der Waals surface area contributed by atoms with E-state index in [0.29, 0.717) is 16.3 Å². The van der Waals surface area contributed by atoms with Crippen LogP contribution in [0, 0.1) is 0 Å². The first-order valence-electron chi connectivity index (χ1n) is 5.55. The van der Waals surface area contributed by atoms with Gasteiger partial charge >= 0.3 is 6.61 Å². The molecule has 18 heavy (non-hydrogen) atoms. The highest BCUT2D eigenvalue weighted by atomic mass is 35.5. The Hall–Kier alpha value is -0.520. The first-order chi connectivity index (χ1) is 8.49. The molecular weight excluding hydrogens is 280 g/mol. The summed E-state index contributed by atoms with van der Waals surface area (Å²) >= 11 is 7.47. The van der Waals surface area contributed by atoms with Gasteiger partial charge in [-0.1, -0.05) is 11.6 Å². The fraction of sp³-hybridized carbons (Fsp3) is 0.500. The van der Waals surface area contributed by atoms with Gasteiger partial charge in [0.25, 0.3) is 0 Å². The van der Waals surface area contributed by atoms with Crippen LogP contribution in [0.2, 0.25) is 5.02 Å². The van der Waals surface area contributed by atoms with Crippen LogP contribution >= 0.6 is 23.4 Å². The number of thioether (sulfide) groups is 1. The molecule has 0 saturated carbocycles. The minimum atomic E-state index is -2.82. The highest BCUT2D eigenvalue weighted by molar-refractivity contribution is 7.98. The van der Waals surface area contributed by atoms with Crippen LogP contribution in [0.1, 0.15) is 18.9 Å². The average Bonchev–Trinajstić information content (AvgIpc) is 2.27. The van der Waals surface area contributed by atoms with Crippen molar-refractivity contribution >= 4 is 23.4 Å². The summed E-state index contributed by atoms with van der Waals surface area (Å²) in [5.74, 6) is 1.64. The molecule has 2 nitrogen and oxygen atoms in total. The second kappa shape index (κ2) is 7.81. The largest absolute Gasteiger partial charge is 0.435 e. The van der Waals surface area contributed by atoms with E-state index in [1.165, 1.54) is 12.1 Å². The van der Waals surface area contributed by atoms with Gasteiger partial charge in [0, 0.05) is 22.4 Å². The third kappa shape index (κ3) is 5.89. The molecule has 0 fully saturated rings. The quantitative estimate of drug-likeness (QED) is 0.775. The zero-order valence-electron chi connectivity index (χ0n) is 10.0. The number of benzene rings is 1. The third-order valence-corrected chi connectivity index (χ3v) is 3.49. The number of ether oxygens (including phenoxy) is 1. The molecule has 1 aromatic rings. The Bertz CT molecular complexity index is 377. The van der Waals surface area contributed by atoms with Crippen LogP contribution in [0.15, 0.2) is 18.2 Å². The lowest BCUT2D eigenvalue weighted by molar-refractivity contribution is -0.0503. The SMILES string of the molecule is CC(N)CCSCc1cc(Cl)ccc1OC(F)F. The van der Waals surface area contributed by atoms with Crippen LogP contribution in [0.4, 0.5) is 8.78 Å². The Morgan fingerprint density at radius 1 is 1.44 bits per heavy atom. The minimum Gasteiger partial charge on any atom is -0.435 e. The van der Waals surface area contributed by atoms with E-state index >= 15 is 0 Å². The molecule has 1 aromatic carbocycles. The number of alkyl halides is 2. The van der Waals surface area contributed by atoms with Crippen LogP contribution in [-0.2, 0) is 5.75 Å². The molecule has 0 aliphatic heterocycles. The molecule has 0 radical (unpaired) electrons. The molecule has 0 bridgehead atoms. The average molecular weight is 296 g/mol. The van der Waals surface area contributed by atoms with Crippen molar-refractivity contribution in [1.29, 1.82) is 0 Å². The number of rotatable bonds is 7. The maximum absolute atomic E-state index is 12.2. The highest BCUT2D eigenvalue weighted by Crippen LogP contribution is 2.28. The van der Waals surface area contributed by atoms with Gasteiger partial charge in [-0.3, -0.25) is 0 Å². The van der Waals surface area contributed by atoms with Gasteiger partial charge in [0.05, 0.1) is 0 Å². The van der Waals surface area contributed by atoms with Gasteiger partial charge < -0.3 is 10.5 Å². The van der Waals surface area contributed by atoms with Crippen molar-refractivity contribution in [2.24, 2.45) is 5.73 Å². The van der Waals surface area contributed by atoms with Crippen LogP contribution in [0.3, 0.4) is 0 Å². The number of nitrogens with two attached hydrogens (primary N) is 1. The molecule has 0 aliphatic rings. The summed E-state index contributed by atoms with van der Waals surface area (Å²) < 4.78 is 28.9. The predicted molar refractivity (Wildman–Crippen MR) is 72.5 cm³/mol. The van der Waals surface area contributed by atoms with Crippen molar-refractivity contribution < 1.29 is 13.5 Å². The zero-order valence-corrected chi connectivity index (χ0v) is 11.6. The third-order valence-electron chi connectivity index (χ3n) is 2.21. The van der Waals surface area contributed by atoms with E-state index < -0.39 is 6.61 Å². The highest BCUT2D eigenvalue weighted by Gasteiger charge is 2.10. The molecule has 2 N–H and O–H groups in total. The summed E-state index contributed by atoms with van der Waals surface area (Å²) in [6.07, 6.45) is 0.885. The van der Waals surface area contributed by atoms with Gasteiger partial charge in [-0.25, -0.2) is 0 Å². The molecule has 0 amide bonds. The van der Waals surface area contributed by atoms with E-state index in [-0.39, 0.29) is 11.8 Å². The molecule has 1 unspecified atom stereocenters. The Morgan fingerprint density at radius 3 is 2.78 bits per heavy atom. The van der Waals surface area contributed by atoms with Crippen molar-refractivity contribution in [2.45, 2.75) is 31.8 Å². The molecule has 0 heterocycles. The lowest BCUT2D eigenvalue weighted by Gasteiger charge is -2.11. The molecule has 0 saturated heterocycles. The molecule has 0 spiro atoms. The van der Waals surface area contributed by atoms with Gasteiger partial charge in [0.15, 0.2) is 0 Å². The Kier molecular flexibility index (Phi) is 6.75. The molecule has 6 heteroatoms. The predicted octanol–water partition coefficient (Wildman–Crippen LogP) is 3.91. The summed E-state index contributed by atoms with van der Waals surface area (Å²) in [7, 11) is 0.